The zero-order valence-corrected chi connectivity index (χ0v) is 56.4. The van der Waals surface area contributed by atoms with Crippen LogP contribution in [0.1, 0.15) is 278 Å². The van der Waals surface area contributed by atoms with E-state index < -0.39 is 20.0 Å². The minimum atomic E-state index is -4.47. The highest BCUT2D eigenvalue weighted by Crippen LogP contribution is 2.43. The molecule has 10 heteroatoms. The van der Waals surface area contributed by atoms with Crippen LogP contribution >= 0.6 is 7.82 Å². The lowest BCUT2D eigenvalue weighted by Gasteiger charge is -2.27. The topological polar surface area (TPSA) is 111 Å². The SMILES string of the molecule is CC/C=C\C/C=C\C/C=C\C/C=C\C/C=C\CCCCCCCCCCCC(=O)OC(/C=C/CCCCCCCCCCC)C(COP(=O)(O)OCC[N+](C)(C)C)NC(=O)CCCCCCCCC/C=C\C/C=C\C/C=C\C/C=C\C/C=C\CC. The molecule has 0 aromatic rings. The molecule has 0 fully saturated rings. The first kappa shape index (κ1) is 81.2. The number of carbonyl (C=O) groups is 2. The van der Waals surface area contributed by atoms with Gasteiger partial charge in [-0.2, -0.15) is 0 Å². The Morgan fingerprint density at radius 2 is 0.753 bits per heavy atom. The Hall–Kier alpha value is -3.85. The molecule has 0 aliphatic carbocycles. The van der Waals surface area contributed by atoms with E-state index in [9.17, 15) is 19.0 Å². The second-order valence-electron chi connectivity index (χ2n) is 23.9. The van der Waals surface area contributed by atoms with Crippen LogP contribution in [0.3, 0.4) is 0 Å². The van der Waals surface area contributed by atoms with Crippen LogP contribution in [0.25, 0.3) is 0 Å². The van der Waals surface area contributed by atoms with Crippen molar-refractivity contribution >= 4 is 19.7 Å². The van der Waals surface area contributed by atoms with Crippen molar-refractivity contribution in [2.75, 3.05) is 40.9 Å². The standard InChI is InChI=1S/C75H129N2O7P/c1-7-10-13-16-19-22-25-27-29-31-33-35-37-38-40-42-44-46-48-50-53-56-59-62-65-68-75(79)84-73(66-63-60-57-54-51-24-21-18-15-12-9-3)72(71-83-85(80,81)82-70-69-77(4,5)6)76-74(78)67-64-61-58-55-52-49-47-45-43-41-39-36-34-32-30-28-26-23-20-17-14-11-8-2/h10-11,13-14,19-20,22-23,27-30,33-36,38,40-41,43,63,66,72-73H,7-9,12,15-18,21,24-26,31-32,37,39,42,44-62,64-65,67-71H2,1-6H3,(H-,76,78,80,81)/p+1/b13-10-,14-11-,22-19-,23-20-,29-27-,30-28-,35-33-,36-34-,40-38-,43-41-,66-63+. The summed E-state index contributed by atoms with van der Waals surface area (Å²) in [6.07, 6.45) is 90.3. The van der Waals surface area contributed by atoms with Crippen LogP contribution in [0.5, 0.6) is 0 Å². The number of likely N-dealkylation sites (N-methyl/N-ethyl adjacent to an activating group) is 1. The van der Waals surface area contributed by atoms with Gasteiger partial charge in [-0.15, -0.1) is 0 Å². The van der Waals surface area contributed by atoms with Gasteiger partial charge < -0.3 is 19.4 Å². The van der Waals surface area contributed by atoms with Crippen molar-refractivity contribution < 1.29 is 37.3 Å². The predicted octanol–water partition coefficient (Wildman–Crippen LogP) is 22.0. The molecule has 85 heavy (non-hydrogen) atoms. The maximum Gasteiger partial charge on any atom is 0.472 e. The molecule has 3 atom stereocenters. The second kappa shape index (κ2) is 63.2. The number of rotatable bonds is 61. The smallest absolute Gasteiger partial charge is 0.456 e. The van der Waals surface area contributed by atoms with Crippen molar-refractivity contribution in [2.45, 2.75) is 290 Å². The number of phosphoric ester groups is 1. The highest BCUT2D eigenvalue weighted by Gasteiger charge is 2.30. The Labute approximate surface area is 524 Å². The van der Waals surface area contributed by atoms with Crippen LogP contribution in [-0.4, -0.2) is 74.3 Å². The first-order chi connectivity index (χ1) is 41.4. The molecule has 0 bridgehead atoms. The number of nitrogens with zero attached hydrogens (tertiary/aromatic N) is 1. The number of hydrogen-bond donors (Lipinski definition) is 2. The fourth-order valence-electron chi connectivity index (χ4n) is 9.35. The number of quaternary nitrogens is 1. The molecule has 486 valence electrons. The van der Waals surface area contributed by atoms with Gasteiger partial charge in [-0.05, 0) is 122 Å². The zero-order chi connectivity index (χ0) is 62.1. The van der Waals surface area contributed by atoms with E-state index in [2.05, 4.69) is 148 Å². The van der Waals surface area contributed by atoms with Gasteiger partial charge in [-0.3, -0.25) is 18.6 Å². The fourth-order valence-corrected chi connectivity index (χ4v) is 10.1. The van der Waals surface area contributed by atoms with Crippen LogP contribution in [0, 0.1) is 0 Å². The van der Waals surface area contributed by atoms with Crippen molar-refractivity contribution in [1.29, 1.82) is 0 Å². The van der Waals surface area contributed by atoms with Crippen LogP contribution in [-0.2, 0) is 27.9 Å². The van der Waals surface area contributed by atoms with Gasteiger partial charge in [0.15, 0.2) is 0 Å². The number of carbonyl (C=O) groups excluding carboxylic acids is 2. The summed E-state index contributed by atoms with van der Waals surface area (Å²) < 4.78 is 30.8. The summed E-state index contributed by atoms with van der Waals surface area (Å²) in [5, 5.41) is 3.06. The first-order valence-electron chi connectivity index (χ1n) is 34.5. The lowest BCUT2D eigenvalue weighted by molar-refractivity contribution is -0.870. The summed E-state index contributed by atoms with van der Waals surface area (Å²) in [6, 6.07) is -0.867. The Morgan fingerprint density at radius 1 is 0.424 bits per heavy atom. The monoisotopic (exact) mass is 1200 g/mol. The van der Waals surface area contributed by atoms with E-state index in [1.54, 1.807) is 0 Å². The minimum Gasteiger partial charge on any atom is -0.456 e. The first-order valence-corrected chi connectivity index (χ1v) is 36.0. The van der Waals surface area contributed by atoms with Crippen LogP contribution in [0.2, 0.25) is 0 Å². The Morgan fingerprint density at radius 3 is 1.13 bits per heavy atom. The lowest BCUT2D eigenvalue weighted by atomic mass is 10.0. The van der Waals surface area contributed by atoms with Crippen molar-refractivity contribution in [1.82, 2.24) is 5.32 Å². The van der Waals surface area contributed by atoms with Gasteiger partial charge in [0.05, 0.1) is 33.8 Å². The number of ether oxygens (including phenoxy) is 1. The molecule has 0 rings (SSSR count). The maximum atomic E-state index is 13.6. The molecule has 0 saturated carbocycles. The van der Waals surface area contributed by atoms with Gasteiger partial charge in [-0.25, -0.2) is 4.57 Å². The van der Waals surface area contributed by atoms with Crippen molar-refractivity contribution in [3.63, 3.8) is 0 Å². The average Bonchev–Trinajstić information content (AvgIpc) is 3.58. The van der Waals surface area contributed by atoms with E-state index in [0.717, 1.165) is 148 Å². The summed E-state index contributed by atoms with van der Waals surface area (Å²) in [5.74, 6) is -0.531. The van der Waals surface area contributed by atoms with E-state index in [4.69, 9.17) is 13.8 Å². The van der Waals surface area contributed by atoms with Crippen LogP contribution in [0.4, 0.5) is 0 Å². The molecule has 0 aromatic heterocycles. The quantitative estimate of drug-likeness (QED) is 0.0205. The third-order valence-electron chi connectivity index (χ3n) is 14.6. The van der Waals surface area contributed by atoms with E-state index in [1.807, 2.05) is 33.3 Å². The summed E-state index contributed by atoms with van der Waals surface area (Å²) in [5.41, 5.74) is 0. The van der Waals surface area contributed by atoms with Gasteiger partial charge in [0, 0.05) is 12.8 Å². The normalized spacial score (nSPS) is 14.4. The maximum absolute atomic E-state index is 13.6. The molecular formula is C75H130N2O7P+. The molecule has 0 aliphatic heterocycles. The lowest BCUT2D eigenvalue weighted by Crippen LogP contribution is -2.47. The predicted molar refractivity (Wildman–Crippen MR) is 369 cm³/mol. The highest BCUT2D eigenvalue weighted by atomic mass is 31.2. The summed E-state index contributed by atoms with van der Waals surface area (Å²) in [7, 11) is 1.47. The van der Waals surface area contributed by atoms with E-state index in [0.29, 0.717) is 17.4 Å². The highest BCUT2D eigenvalue weighted by molar-refractivity contribution is 7.47. The van der Waals surface area contributed by atoms with E-state index in [1.165, 1.54) is 96.3 Å². The Kier molecular flexibility index (Phi) is 60.3. The number of nitrogens with one attached hydrogen (secondary N) is 1. The van der Waals surface area contributed by atoms with E-state index >= 15 is 0 Å². The van der Waals surface area contributed by atoms with Gasteiger partial charge in [0.1, 0.15) is 19.3 Å². The molecule has 0 spiro atoms. The van der Waals surface area contributed by atoms with Gasteiger partial charge in [0.25, 0.3) is 0 Å². The largest absolute Gasteiger partial charge is 0.472 e. The second-order valence-corrected chi connectivity index (χ2v) is 25.4. The fraction of sp³-hybridized carbons (Fsp3) is 0.680. The van der Waals surface area contributed by atoms with Gasteiger partial charge >= 0.3 is 13.8 Å². The molecule has 0 heterocycles. The molecule has 0 radical (unpaired) electrons. The Balaban J connectivity index is 5.12. The number of allylic oxidation sites excluding steroid dienone is 21. The molecule has 9 nitrogen and oxygen atoms in total. The number of unbranched alkanes of at least 4 members (excludes halogenated alkanes) is 25. The third kappa shape index (κ3) is 64.5. The van der Waals surface area contributed by atoms with Crippen LogP contribution in [0.15, 0.2) is 134 Å². The third-order valence-corrected chi connectivity index (χ3v) is 15.6. The molecule has 0 aliphatic rings. The summed E-state index contributed by atoms with van der Waals surface area (Å²) in [4.78, 5) is 37.9. The zero-order valence-electron chi connectivity index (χ0n) is 55.6. The van der Waals surface area contributed by atoms with Crippen LogP contribution < -0.4 is 5.32 Å². The molecule has 0 saturated heterocycles. The van der Waals surface area contributed by atoms with Crippen molar-refractivity contribution in [3.8, 4) is 0 Å². The number of amides is 1. The van der Waals surface area contributed by atoms with Gasteiger partial charge in [0.2, 0.25) is 5.91 Å². The number of phosphoric acid groups is 1. The summed E-state index contributed by atoms with van der Waals surface area (Å²) in [6.45, 7) is 6.77. The minimum absolute atomic E-state index is 0.0299. The summed E-state index contributed by atoms with van der Waals surface area (Å²) >= 11 is 0. The number of esters is 1. The van der Waals surface area contributed by atoms with Crippen molar-refractivity contribution in [2.24, 2.45) is 0 Å². The van der Waals surface area contributed by atoms with Crippen molar-refractivity contribution in [3.05, 3.63) is 134 Å². The number of hydrogen-bond acceptors (Lipinski definition) is 6. The molecule has 0 aromatic carbocycles. The molecule has 3 unspecified atom stereocenters. The molecule has 2 N–H and O–H groups in total. The average molecular weight is 1200 g/mol. The molecular weight excluding hydrogens is 1070 g/mol. The Bertz CT molecular complexity index is 1920. The molecule has 1 amide bonds. The van der Waals surface area contributed by atoms with Gasteiger partial charge in [-0.1, -0.05) is 277 Å². The van der Waals surface area contributed by atoms with E-state index in [-0.39, 0.29) is 31.5 Å².